The number of benzene rings is 1. The second kappa shape index (κ2) is 4.61. The lowest BCUT2D eigenvalue weighted by atomic mass is 10.1. The molecule has 1 N–H and O–H groups in total. The highest BCUT2D eigenvalue weighted by Gasteiger charge is 2.09. The summed E-state index contributed by atoms with van der Waals surface area (Å²) < 4.78 is 13.8. The molecular weight excluding hydrogens is 243 g/mol. The molecule has 5 heteroatoms. The Hall–Kier alpha value is -2.56. The van der Waals surface area contributed by atoms with Gasteiger partial charge in [0.1, 0.15) is 5.69 Å². The van der Waals surface area contributed by atoms with Gasteiger partial charge < -0.3 is 5.32 Å². The molecule has 0 aliphatic rings. The highest BCUT2D eigenvalue weighted by Crippen LogP contribution is 2.24. The summed E-state index contributed by atoms with van der Waals surface area (Å²) in [6.07, 6.45) is 2.90. The fourth-order valence-electron chi connectivity index (χ4n) is 1.91. The van der Waals surface area contributed by atoms with Gasteiger partial charge in [0.05, 0.1) is 11.7 Å². The van der Waals surface area contributed by atoms with Crippen LogP contribution in [-0.4, -0.2) is 22.0 Å². The molecule has 94 valence electrons. The molecule has 0 aliphatic heterocycles. The average molecular weight is 254 g/mol. The van der Waals surface area contributed by atoms with Gasteiger partial charge in [-0.1, -0.05) is 12.1 Å². The second-order valence-corrected chi connectivity index (χ2v) is 4.05. The Balaban J connectivity index is 2.18. The Morgan fingerprint density at radius 2 is 2.05 bits per heavy atom. The molecule has 0 aliphatic carbocycles. The highest BCUT2D eigenvalue weighted by atomic mass is 19.1. The Morgan fingerprint density at radius 3 is 2.89 bits per heavy atom. The summed E-state index contributed by atoms with van der Waals surface area (Å²) in [5.41, 5.74) is 1.86. The number of fused-ring (bicyclic) bond motifs is 1. The van der Waals surface area contributed by atoms with E-state index in [0.717, 1.165) is 10.9 Å². The lowest BCUT2D eigenvalue weighted by molar-refractivity contribution is 0.619. The summed E-state index contributed by atoms with van der Waals surface area (Å²) in [6, 6.07) is 9.31. The molecule has 0 saturated heterocycles. The Bertz CT molecular complexity index is 742. The predicted molar refractivity (Wildman–Crippen MR) is 72.3 cm³/mol. The fourth-order valence-corrected chi connectivity index (χ4v) is 1.91. The maximum Gasteiger partial charge on any atom is 0.223 e. The summed E-state index contributed by atoms with van der Waals surface area (Å²) in [6.45, 7) is 0. The summed E-state index contributed by atoms with van der Waals surface area (Å²) >= 11 is 0. The van der Waals surface area contributed by atoms with Crippen molar-refractivity contribution in [1.29, 1.82) is 0 Å². The molecule has 0 fully saturated rings. The molecule has 3 rings (SSSR count). The molecule has 4 nitrogen and oxygen atoms in total. The topological polar surface area (TPSA) is 50.7 Å². The van der Waals surface area contributed by atoms with Crippen LogP contribution in [0.5, 0.6) is 0 Å². The third-order valence-electron chi connectivity index (χ3n) is 2.84. The van der Waals surface area contributed by atoms with Crippen LogP contribution in [0.2, 0.25) is 0 Å². The molecule has 2 aromatic heterocycles. The van der Waals surface area contributed by atoms with Crippen LogP contribution >= 0.6 is 0 Å². The lowest BCUT2D eigenvalue weighted by Crippen LogP contribution is -1.99. The molecule has 1 aromatic carbocycles. The first-order valence-electron chi connectivity index (χ1n) is 5.83. The van der Waals surface area contributed by atoms with Crippen molar-refractivity contribution in [2.75, 3.05) is 12.4 Å². The fraction of sp³-hybridized carbons (Fsp3) is 0.0714. The van der Waals surface area contributed by atoms with Gasteiger partial charge in [-0.05, 0) is 18.2 Å². The lowest BCUT2D eigenvalue weighted by Gasteiger charge is -2.06. The van der Waals surface area contributed by atoms with Gasteiger partial charge >= 0.3 is 0 Å². The van der Waals surface area contributed by atoms with Crippen LogP contribution in [0, 0.1) is 5.82 Å². The van der Waals surface area contributed by atoms with Gasteiger partial charge in [-0.15, -0.1) is 0 Å². The molecule has 0 unspecified atom stereocenters. The number of aromatic nitrogens is 3. The zero-order valence-electron chi connectivity index (χ0n) is 10.3. The van der Waals surface area contributed by atoms with E-state index in [0.29, 0.717) is 11.5 Å². The van der Waals surface area contributed by atoms with Crippen molar-refractivity contribution in [3.05, 3.63) is 48.5 Å². The van der Waals surface area contributed by atoms with Crippen molar-refractivity contribution in [3.8, 4) is 11.3 Å². The summed E-state index contributed by atoms with van der Waals surface area (Å²) in [4.78, 5) is 12.2. The van der Waals surface area contributed by atoms with Crippen molar-refractivity contribution in [2.24, 2.45) is 0 Å². The van der Waals surface area contributed by atoms with Crippen molar-refractivity contribution in [3.63, 3.8) is 0 Å². The molecule has 0 saturated carbocycles. The monoisotopic (exact) mass is 254 g/mol. The first-order chi connectivity index (χ1) is 9.28. The Kier molecular flexibility index (Phi) is 2.79. The number of halogens is 1. The smallest absolute Gasteiger partial charge is 0.223 e. The molecule has 0 bridgehead atoms. The molecule has 0 amide bonds. The summed E-state index contributed by atoms with van der Waals surface area (Å²) in [5.74, 6) is -0.0510. The van der Waals surface area contributed by atoms with Crippen LogP contribution in [0.15, 0.2) is 42.7 Å². The quantitative estimate of drug-likeness (QED) is 0.764. The maximum absolute atomic E-state index is 13.8. The van der Waals surface area contributed by atoms with E-state index in [1.54, 1.807) is 19.3 Å². The number of rotatable bonds is 2. The van der Waals surface area contributed by atoms with Gasteiger partial charge in [0.25, 0.3) is 0 Å². The number of anilines is 1. The minimum Gasteiger partial charge on any atom is -0.357 e. The van der Waals surface area contributed by atoms with Crippen molar-refractivity contribution in [1.82, 2.24) is 15.0 Å². The zero-order valence-corrected chi connectivity index (χ0v) is 10.3. The van der Waals surface area contributed by atoms with E-state index < -0.39 is 5.82 Å². The van der Waals surface area contributed by atoms with Crippen molar-refractivity contribution in [2.45, 2.75) is 0 Å². The SMILES string of the molecule is CNc1ncc(F)c(-c2ccc3ncccc3c2)n1. The predicted octanol–water partition coefficient (Wildman–Crippen LogP) is 2.87. The van der Waals surface area contributed by atoms with E-state index >= 15 is 0 Å². The van der Waals surface area contributed by atoms with Gasteiger partial charge in [-0.3, -0.25) is 4.98 Å². The normalized spacial score (nSPS) is 10.6. The van der Waals surface area contributed by atoms with E-state index in [1.807, 2.05) is 24.3 Å². The van der Waals surface area contributed by atoms with E-state index in [4.69, 9.17) is 0 Å². The Morgan fingerprint density at radius 1 is 1.16 bits per heavy atom. The molecule has 0 spiro atoms. The van der Waals surface area contributed by atoms with Crippen LogP contribution in [0.25, 0.3) is 22.2 Å². The largest absolute Gasteiger partial charge is 0.357 e. The minimum absolute atomic E-state index is 0.283. The summed E-state index contributed by atoms with van der Waals surface area (Å²) in [7, 11) is 1.70. The van der Waals surface area contributed by atoms with Crippen LogP contribution in [0.3, 0.4) is 0 Å². The molecule has 2 heterocycles. The molecular formula is C14H11FN4. The van der Waals surface area contributed by atoms with E-state index in [1.165, 1.54) is 6.20 Å². The summed E-state index contributed by atoms with van der Waals surface area (Å²) in [5, 5.41) is 3.75. The van der Waals surface area contributed by atoms with Gasteiger partial charge in [0.2, 0.25) is 5.95 Å². The average Bonchev–Trinajstić information content (AvgIpc) is 2.47. The first kappa shape index (κ1) is 11.5. The van der Waals surface area contributed by atoms with Crippen LogP contribution in [0.4, 0.5) is 10.3 Å². The van der Waals surface area contributed by atoms with Gasteiger partial charge in [-0.25, -0.2) is 14.4 Å². The van der Waals surface area contributed by atoms with Crippen LogP contribution < -0.4 is 5.32 Å². The molecule has 3 aromatic rings. The number of nitrogens with zero attached hydrogens (tertiary/aromatic N) is 3. The number of hydrogen-bond acceptors (Lipinski definition) is 4. The third-order valence-corrected chi connectivity index (χ3v) is 2.84. The van der Waals surface area contributed by atoms with Gasteiger partial charge in [-0.2, -0.15) is 0 Å². The highest BCUT2D eigenvalue weighted by molar-refractivity contribution is 5.83. The Labute approximate surface area is 109 Å². The van der Waals surface area contributed by atoms with Gasteiger partial charge in [0.15, 0.2) is 5.82 Å². The van der Waals surface area contributed by atoms with Crippen molar-refractivity contribution >= 4 is 16.9 Å². The number of hydrogen-bond donors (Lipinski definition) is 1. The third kappa shape index (κ3) is 2.10. The number of nitrogens with one attached hydrogen (secondary N) is 1. The van der Waals surface area contributed by atoms with E-state index in [9.17, 15) is 4.39 Å². The second-order valence-electron chi connectivity index (χ2n) is 4.05. The molecule has 0 radical (unpaired) electrons. The standard InChI is InChI=1S/C14H11FN4/c1-16-14-18-8-11(15)13(19-14)10-4-5-12-9(7-10)3-2-6-17-12/h2-8H,1H3,(H,16,18,19). The molecule has 0 atom stereocenters. The minimum atomic E-state index is -0.442. The van der Waals surface area contributed by atoms with Crippen LogP contribution in [-0.2, 0) is 0 Å². The van der Waals surface area contributed by atoms with E-state index in [2.05, 4.69) is 20.3 Å². The zero-order chi connectivity index (χ0) is 13.2. The van der Waals surface area contributed by atoms with Crippen molar-refractivity contribution < 1.29 is 4.39 Å². The van der Waals surface area contributed by atoms with E-state index in [-0.39, 0.29) is 5.69 Å². The number of pyridine rings is 1. The van der Waals surface area contributed by atoms with Crippen LogP contribution in [0.1, 0.15) is 0 Å². The first-order valence-corrected chi connectivity index (χ1v) is 5.83. The van der Waals surface area contributed by atoms with Gasteiger partial charge in [0, 0.05) is 24.2 Å². The maximum atomic E-state index is 13.8. The molecule has 19 heavy (non-hydrogen) atoms.